The first-order valence-electron chi connectivity index (χ1n) is 4.43. The van der Waals surface area contributed by atoms with Gasteiger partial charge in [0.05, 0.1) is 18.5 Å². The highest BCUT2D eigenvalue weighted by atomic mass is 32.2. The van der Waals surface area contributed by atoms with Crippen molar-refractivity contribution in [1.29, 1.82) is 0 Å². The lowest BCUT2D eigenvalue weighted by molar-refractivity contribution is -0.139. The lowest BCUT2D eigenvalue weighted by Crippen LogP contribution is -2.23. The van der Waals surface area contributed by atoms with Gasteiger partial charge in [0, 0.05) is 12.3 Å². The van der Waals surface area contributed by atoms with Gasteiger partial charge in [-0.3, -0.25) is 0 Å². The molecule has 0 amide bonds. The lowest BCUT2D eigenvalue weighted by atomic mass is 10.5. The first-order chi connectivity index (χ1) is 6.88. The van der Waals surface area contributed by atoms with E-state index in [4.69, 9.17) is 4.74 Å². The molecule has 0 rings (SSSR count). The van der Waals surface area contributed by atoms with Crippen LogP contribution in [0.2, 0.25) is 0 Å². The first kappa shape index (κ1) is 14.1. The number of carbonyl (C=O) groups excluding carboxylic acids is 1. The summed E-state index contributed by atoms with van der Waals surface area (Å²) < 4.78 is 31.6. The van der Waals surface area contributed by atoms with Gasteiger partial charge in [-0.25, -0.2) is 13.2 Å². The number of esters is 1. The zero-order valence-corrected chi connectivity index (χ0v) is 9.75. The maximum Gasteiger partial charge on any atom is 0.330 e. The zero-order chi connectivity index (χ0) is 11.9. The lowest BCUT2D eigenvalue weighted by Gasteiger charge is -2.09. The Morgan fingerprint density at radius 2 is 2.07 bits per heavy atom. The molecule has 1 atom stereocenters. The molecule has 0 saturated carbocycles. The number of ether oxygens (including phenoxy) is 2. The van der Waals surface area contributed by atoms with Crippen molar-refractivity contribution >= 4 is 15.8 Å². The summed E-state index contributed by atoms with van der Waals surface area (Å²) in [4.78, 5) is 10.6. The van der Waals surface area contributed by atoms with E-state index in [2.05, 4.69) is 11.3 Å². The molecular formula is C9H16O5S. The fourth-order valence-corrected chi connectivity index (χ4v) is 0.976. The van der Waals surface area contributed by atoms with Gasteiger partial charge in [0.25, 0.3) is 0 Å². The van der Waals surface area contributed by atoms with Gasteiger partial charge in [-0.1, -0.05) is 6.58 Å². The summed E-state index contributed by atoms with van der Waals surface area (Å²) in [5.74, 6) is -0.519. The minimum atomic E-state index is -3.06. The van der Waals surface area contributed by atoms with E-state index in [1.54, 1.807) is 6.92 Å². The Kier molecular flexibility index (Phi) is 6.19. The van der Waals surface area contributed by atoms with Crippen molar-refractivity contribution in [3.8, 4) is 0 Å². The zero-order valence-electron chi connectivity index (χ0n) is 8.93. The van der Waals surface area contributed by atoms with E-state index in [0.29, 0.717) is 0 Å². The summed E-state index contributed by atoms with van der Waals surface area (Å²) in [6, 6.07) is 0. The third-order valence-electron chi connectivity index (χ3n) is 1.72. The molecule has 6 heteroatoms. The molecule has 15 heavy (non-hydrogen) atoms. The van der Waals surface area contributed by atoms with Crippen molar-refractivity contribution in [3.05, 3.63) is 12.7 Å². The van der Waals surface area contributed by atoms with Gasteiger partial charge in [-0.15, -0.1) is 0 Å². The monoisotopic (exact) mass is 236 g/mol. The molecule has 0 aromatic rings. The number of sulfone groups is 1. The molecule has 0 N–H and O–H groups in total. The summed E-state index contributed by atoms with van der Waals surface area (Å²) >= 11 is 0. The van der Waals surface area contributed by atoms with Crippen LogP contribution in [0.5, 0.6) is 0 Å². The van der Waals surface area contributed by atoms with Gasteiger partial charge in [0.15, 0.2) is 9.84 Å². The van der Waals surface area contributed by atoms with Crippen molar-refractivity contribution in [2.45, 2.75) is 12.2 Å². The molecule has 0 fully saturated rings. The van der Waals surface area contributed by atoms with Gasteiger partial charge >= 0.3 is 5.97 Å². The summed E-state index contributed by atoms with van der Waals surface area (Å²) in [5, 5.41) is -0.549. The van der Waals surface area contributed by atoms with Crippen molar-refractivity contribution in [2.75, 3.05) is 26.1 Å². The molecule has 0 spiro atoms. The summed E-state index contributed by atoms with van der Waals surface area (Å²) in [7, 11) is -3.06. The Bertz CT molecular complexity index is 306. The summed E-state index contributed by atoms with van der Waals surface area (Å²) in [6.07, 6.45) is 2.21. The maximum atomic E-state index is 11.0. The van der Waals surface area contributed by atoms with Crippen LogP contribution in [0.1, 0.15) is 6.92 Å². The number of rotatable bonds is 7. The van der Waals surface area contributed by atoms with E-state index in [0.717, 1.165) is 12.3 Å². The molecule has 0 aliphatic heterocycles. The van der Waals surface area contributed by atoms with Crippen LogP contribution in [0.15, 0.2) is 12.7 Å². The maximum absolute atomic E-state index is 11.0. The van der Waals surface area contributed by atoms with Crippen LogP contribution in [-0.4, -0.2) is 45.7 Å². The second kappa shape index (κ2) is 6.58. The number of carbonyl (C=O) groups is 1. The minimum absolute atomic E-state index is 0.0985. The predicted molar refractivity (Wildman–Crippen MR) is 56.3 cm³/mol. The number of hydrogen-bond donors (Lipinski definition) is 0. The molecule has 0 heterocycles. The highest BCUT2D eigenvalue weighted by molar-refractivity contribution is 7.91. The van der Waals surface area contributed by atoms with E-state index < -0.39 is 21.1 Å². The minimum Gasteiger partial charge on any atom is -0.460 e. The fourth-order valence-electron chi connectivity index (χ4n) is 0.633. The highest BCUT2D eigenvalue weighted by Crippen LogP contribution is 1.98. The van der Waals surface area contributed by atoms with E-state index in [1.807, 2.05) is 0 Å². The van der Waals surface area contributed by atoms with Crippen molar-refractivity contribution in [2.24, 2.45) is 0 Å². The van der Waals surface area contributed by atoms with E-state index in [-0.39, 0.29) is 19.8 Å². The molecule has 5 nitrogen and oxygen atoms in total. The molecule has 1 unspecified atom stereocenters. The topological polar surface area (TPSA) is 69.7 Å². The first-order valence-corrected chi connectivity index (χ1v) is 6.39. The second-order valence-corrected chi connectivity index (χ2v) is 5.55. The second-order valence-electron chi connectivity index (χ2n) is 3.09. The average Bonchev–Trinajstić information content (AvgIpc) is 2.15. The molecule has 0 radical (unpaired) electrons. The molecule has 0 aliphatic carbocycles. The summed E-state index contributed by atoms with van der Waals surface area (Å²) in [6.45, 7) is 5.17. The largest absolute Gasteiger partial charge is 0.460 e. The SMILES string of the molecule is C=CC(=O)OCCOCC(C)S(C)(=O)=O. The Morgan fingerprint density at radius 3 is 2.53 bits per heavy atom. The van der Waals surface area contributed by atoms with Gasteiger partial charge in [-0.05, 0) is 6.92 Å². The molecule has 0 bridgehead atoms. The van der Waals surface area contributed by atoms with Crippen molar-refractivity contribution in [1.82, 2.24) is 0 Å². The quantitative estimate of drug-likeness (QED) is 0.358. The van der Waals surface area contributed by atoms with Crippen molar-refractivity contribution in [3.63, 3.8) is 0 Å². The Morgan fingerprint density at radius 1 is 1.47 bits per heavy atom. The molecule has 0 aromatic carbocycles. The van der Waals surface area contributed by atoms with Crippen molar-refractivity contribution < 1.29 is 22.7 Å². The van der Waals surface area contributed by atoms with Crippen LogP contribution >= 0.6 is 0 Å². The molecular weight excluding hydrogens is 220 g/mol. The predicted octanol–water partition coefficient (Wildman–Crippen LogP) is 0.165. The Hall–Kier alpha value is -0.880. The number of hydrogen-bond acceptors (Lipinski definition) is 5. The smallest absolute Gasteiger partial charge is 0.330 e. The van der Waals surface area contributed by atoms with Gasteiger partial charge in [0.1, 0.15) is 6.61 Å². The Balaban J connectivity index is 3.56. The molecule has 0 aromatic heterocycles. The normalized spacial score (nSPS) is 13.2. The van der Waals surface area contributed by atoms with Crippen LogP contribution in [0.4, 0.5) is 0 Å². The fraction of sp³-hybridized carbons (Fsp3) is 0.667. The van der Waals surface area contributed by atoms with Crippen LogP contribution in [-0.2, 0) is 24.1 Å². The van der Waals surface area contributed by atoms with Gasteiger partial charge in [-0.2, -0.15) is 0 Å². The summed E-state index contributed by atoms with van der Waals surface area (Å²) in [5.41, 5.74) is 0. The van der Waals surface area contributed by atoms with E-state index in [9.17, 15) is 13.2 Å². The Labute approximate surface area is 90.0 Å². The molecule has 0 aliphatic rings. The van der Waals surface area contributed by atoms with Crippen LogP contribution in [0.25, 0.3) is 0 Å². The third kappa shape index (κ3) is 7.10. The van der Waals surface area contributed by atoms with Crippen LogP contribution in [0, 0.1) is 0 Å². The average molecular weight is 236 g/mol. The highest BCUT2D eigenvalue weighted by Gasteiger charge is 2.14. The van der Waals surface area contributed by atoms with Gasteiger partial charge < -0.3 is 9.47 Å². The van der Waals surface area contributed by atoms with Crippen LogP contribution in [0.3, 0.4) is 0 Å². The van der Waals surface area contributed by atoms with E-state index in [1.165, 1.54) is 0 Å². The standard InChI is InChI=1S/C9H16O5S/c1-4-9(10)14-6-5-13-7-8(2)15(3,11)12/h4,8H,1,5-7H2,2-3H3. The molecule has 0 saturated heterocycles. The van der Waals surface area contributed by atoms with E-state index >= 15 is 0 Å². The van der Waals surface area contributed by atoms with Crippen LogP contribution < -0.4 is 0 Å². The van der Waals surface area contributed by atoms with Gasteiger partial charge in [0.2, 0.25) is 0 Å². The molecule has 88 valence electrons. The third-order valence-corrected chi connectivity index (χ3v) is 3.32.